The van der Waals surface area contributed by atoms with Crippen molar-refractivity contribution < 1.29 is 14.2 Å². The number of ketones is 1. The lowest BCUT2D eigenvalue weighted by Gasteiger charge is -2.35. The summed E-state index contributed by atoms with van der Waals surface area (Å²) >= 11 is 0. The van der Waals surface area contributed by atoms with Crippen LogP contribution in [0.1, 0.15) is 27.5 Å². The highest BCUT2D eigenvalue weighted by atomic mass is 16.6. The summed E-state index contributed by atoms with van der Waals surface area (Å²) in [5, 5.41) is 15.4. The Balaban J connectivity index is 1.43. The van der Waals surface area contributed by atoms with Gasteiger partial charge < -0.3 is 9.42 Å². The quantitative estimate of drug-likeness (QED) is 0.341. The molecule has 1 aromatic carbocycles. The third kappa shape index (κ3) is 4.09. The van der Waals surface area contributed by atoms with Crippen molar-refractivity contribution in [2.45, 2.75) is 20.8 Å². The van der Waals surface area contributed by atoms with Crippen LogP contribution in [0.2, 0.25) is 0 Å². The number of benzene rings is 1. The third-order valence-corrected chi connectivity index (χ3v) is 5.73. The Morgan fingerprint density at radius 2 is 1.84 bits per heavy atom. The number of piperazine rings is 1. The zero-order valence-electron chi connectivity index (χ0n) is 17.9. The van der Waals surface area contributed by atoms with Crippen LogP contribution in [0.25, 0.3) is 5.82 Å². The Morgan fingerprint density at radius 1 is 1.13 bits per heavy atom. The smallest absolute Gasteiger partial charge is 0.292 e. The molecule has 1 fully saturated rings. The summed E-state index contributed by atoms with van der Waals surface area (Å²) < 4.78 is 7.11. The molecule has 1 aliphatic rings. The lowest BCUT2D eigenvalue weighted by molar-refractivity contribution is -0.384. The summed E-state index contributed by atoms with van der Waals surface area (Å²) in [6.07, 6.45) is 0. The standard InChI is InChI=1S/C22H25N5O4/c1-15-12-18(17(3)26(15)22-13-16(2)31-23-22)21(28)14-24-8-10-25(11-9-24)19-6-4-5-7-20(19)27(29)30/h4-7,12-13H,8-11,14H2,1-3H3. The fourth-order valence-electron chi connectivity index (χ4n) is 4.18. The number of anilines is 1. The van der Waals surface area contributed by atoms with E-state index >= 15 is 0 Å². The van der Waals surface area contributed by atoms with E-state index in [1.54, 1.807) is 12.1 Å². The van der Waals surface area contributed by atoms with Gasteiger partial charge in [-0.2, -0.15) is 0 Å². The van der Waals surface area contributed by atoms with Gasteiger partial charge in [-0.05, 0) is 32.9 Å². The minimum atomic E-state index is -0.350. The number of nitrogens with zero attached hydrogens (tertiary/aromatic N) is 5. The molecule has 162 valence electrons. The van der Waals surface area contributed by atoms with Gasteiger partial charge in [0.15, 0.2) is 11.6 Å². The number of hydrogen-bond donors (Lipinski definition) is 0. The molecule has 0 amide bonds. The van der Waals surface area contributed by atoms with Crippen molar-refractivity contribution in [1.82, 2.24) is 14.6 Å². The van der Waals surface area contributed by atoms with Crippen LogP contribution >= 0.6 is 0 Å². The number of nitro benzene ring substituents is 1. The molecule has 0 saturated carbocycles. The van der Waals surface area contributed by atoms with E-state index in [1.807, 2.05) is 48.4 Å². The molecule has 0 bridgehead atoms. The van der Waals surface area contributed by atoms with Crippen molar-refractivity contribution in [2.75, 3.05) is 37.6 Å². The molecule has 3 heterocycles. The number of rotatable bonds is 6. The summed E-state index contributed by atoms with van der Waals surface area (Å²) in [6, 6.07) is 10.5. The first-order chi connectivity index (χ1) is 14.8. The molecule has 2 aromatic heterocycles. The van der Waals surface area contributed by atoms with Crippen molar-refractivity contribution in [3.63, 3.8) is 0 Å². The minimum Gasteiger partial charge on any atom is -0.363 e. The van der Waals surface area contributed by atoms with E-state index in [0.717, 1.165) is 11.4 Å². The molecule has 0 aliphatic carbocycles. The summed E-state index contributed by atoms with van der Waals surface area (Å²) in [7, 11) is 0. The molecule has 1 aliphatic heterocycles. The van der Waals surface area contributed by atoms with Crippen LogP contribution in [-0.4, -0.2) is 58.1 Å². The summed E-state index contributed by atoms with van der Waals surface area (Å²) in [4.78, 5) is 28.1. The number of para-hydroxylation sites is 2. The third-order valence-electron chi connectivity index (χ3n) is 5.73. The molecular weight excluding hydrogens is 398 g/mol. The Hall–Kier alpha value is -3.46. The zero-order valence-corrected chi connectivity index (χ0v) is 17.9. The largest absolute Gasteiger partial charge is 0.363 e. The van der Waals surface area contributed by atoms with Crippen molar-refractivity contribution in [2.24, 2.45) is 0 Å². The fraction of sp³-hybridized carbons (Fsp3) is 0.364. The molecule has 0 atom stereocenters. The summed E-state index contributed by atoms with van der Waals surface area (Å²) in [6.45, 7) is 8.60. The lowest BCUT2D eigenvalue weighted by atomic mass is 10.1. The van der Waals surface area contributed by atoms with Crippen molar-refractivity contribution in [1.29, 1.82) is 0 Å². The number of carbonyl (C=O) groups is 1. The molecule has 0 spiro atoms. The lowest BCUT2D eigenvalue weighted by Crippen LogP contribution is -2.48. The zero-order chi connectivity index (χ0) is 22.1. The van der Waals surface area contributed by atoms with Crippen LogP contribution in [0.5, 0.6) is 0 Å². The van der Waals surface area contributed by atoms with Gasteiger partial charge in [-0.15, -0.1) is 0 Å². The van der Waals surface area contributed by atoms with E-state index < -0.39 is 0 Å². The SMILES string of the molecule is Cc1cc(-n2c(C)cc(C(=O)CN3CCN(c4ccccc4[N+](=O)[O-])CC3)c2C)no1. The van der Waals surface area contributed by atoms with Gasteiger partial charge in [0, 0.05) is 55.3 Å². The normalized spacial score (nSPS) is 14.7. The first-order valence-corrected chi connectivity index (χ1v) is 10.2. The summed E-state index contributed by atoms with van der Waals surface area (Å²) in [5.41, 5.74) is 3.19. The molecular formula is C22H25N5O4. The van der Waals surface area contributed by atoms with Gasteiger partial charge in [0.1, 0.15) is 11.4 Å². The van der Waals surface area contributed by atoms with E-state index in [4.69, 9.17) is 4.52 Å². The van der Waals surface area contributed by atoms with E-state index in [-0.39, 0.29) is 16.4 Å². The fourth-order valence-corrected chi connectivity index (χ4v) is 4.18. The van der Waals surface area contributed by atoms with Gasteiger partial charge in [0.25, 0.3) is 5.69 Å². The topological polar surface area (TPSA) is 97.7 Å². The van der Waals surface area contributed by atoms with Gasteiger partial charge in [-0.25, -0.2) is 0 Å². The number of carbonyl (C=O) groups excluding carboxylic acids is 1. The Kier molecular flexibility index (Phi) is 5.60. The monoisotopic (exact) mass is 423 g/mol. The minimum absolute atomic E-state index is 0.0544. The number of nitro groups is 1. The predicted molar refractivity (Wildman–Crippen MR) is 116 cm³/mol. The average Bonchev–Trinajstić information content (AvgIpc) is 3.30. The molecule has 1 saturated heterocycles. The van der Waals surface area contributed by atoms with Crippen LogP contribution in [0, 0.1) is 30.9 Å². The van der Waals surface area contributed by atoms with Crippen LogP contribution in [0.3, 0.4) is 0 Å². The molecule has 0 N–H and O–H groups in total. The maximum absolute atomic E-state index is 13.0. The van der Waals surface area contributed by atoms with Crippen molar-refractivity contribution in [3.8, 4) is 5.82 Å². The highest BCUT2D eigenvalue weighted by molar-refractivity contribution is 5.99. The maximum Gasteiger partial charge on any atom is 0.292 e. The van der Waals surface area contributed by atoms with E-state index in [2.05, 4.69) is 10.1 Å². The van der Waals surface area contributed by atoms with Gasteiger partial charge in [0.2, 0.25) is 0 Å². The molecule has 31 heavy (non-hydrogen) atoms. The van der Waals surface area contributed by atoms with Crippen molar-refractivity contribution in [3.05, 3.63) is 69.2 Å². The molecule has 9 nitrogen and oxygen atoms in total. The number of aryl methyl sites for hydroxylation is 2. The average molecular weight is 423 g/mol. The van der Waals surface area contributed by atoms with Crippen molar-refractivity contribution >= 4 is 17.2 Å². The van der Waals surface area contributed by atoms with E-state index in [0.29, 0.717) is 55.6 Å². The Labute approximate surface area is 180 Å². The molecule has 0 unspecified atom stereocenters. The second-order valence-electron chi connectivity index (χ2n) is 7.85. The second-order valence-corrected chi connectivity index (χ2v) is 7.85. The highest BCUT2D eigenvalue weighted by Gasteiger charge is 2.26. The number of hydrogen-bond acceptors (Lipinski definition) is 7. The maximum atomic E-state index is 13.0. The van der Waals surface area contributed by atoms with Crippen LogP contribution < -0.4 is 4.90 Å². The first kappa shape index (κ1) is 20.8. The van der Waals surface area contributed by atoms with E-state index in [1.165, 1.54) is 6.07 Å². The van der Waals surface area contributed by atoms with Gasteiger partial charge in [-0.1, -0.05) is 17.3 Å². The number of aromatic nitrogens is 2. The Morgan fingerprint density at radius 3 is 2.48 bits per heavy atom. The first-order valence-electron chi connectivity index (χ1n) is 10.2. The van der Waals surface area contributed by atoms with Gasteiger partial charge in [-0.3, -0.25) is 24.4 Å². The Bertz CT molecular complexity index is 1120. The molecule has 4 rings (SSSR count). The van der Waals surface area contributed by atoms with Crippen LogP contribution in [-0.2, 0) is 0 Å². The predicted octanol–water partition coefficient (Wildman–Crippen LogP) is 3.30. The van der Waals surface area contributed by atoms with E-state index in [9.17, 15) is 14.9 Å². The highest BCUT2D eigenvalue weighted by Crippen LogP contribution is 2.28. The molecule has 3 aromatic rings. The van der Waals surface area contributed by atoms with Gasteiger partial charge in [0.05, 0.1) is 11.5 Å². The van der Waals surface area contributed by atoms with Crippen LogP contribution in [0.4, 0.5) is 11.4 Å². The second kappa shape index (κ2) is 8.35. The van der Waals surface area contributed by atoms with Crippen LogP contribution in [0.15, 0.2) is 40.9 Å². The number of Topliss-reactive ketones (excluding diaryl/α,β-unsaturated/α-hetero) is 1. The summed E-state index contributed by atoms with van der Waals surface area (Å²) in [5.74, 6) is 1.44. The molecule has 9 heteroatoms. The molecule has 0 radical (unpaired) electrons. The van der Waals surface area contributed by atoms with Gasteiger partial charge >= 0.3 is 0 Å².